The molecular formula is C81H101N13O15. The van der Waals surface area contributed by atoms with E-state index in [9.17, 15) is 39.0 Å². The number of nitrogens with one attached hydrogen (secondary N) is 8. The van der Waals surface area contributed by atoms with Crippen LogP contribution in [0.1, 0.15) is 115 Å². The Kier molecular flexibility index (Phi) is 26.6. The van der Waals surface area contributed by atoms with E-state index in [0.29, 0.717) is 52.3 Å². The summed E-state index contributed by atoms with van der Waals surface area (Å²) in [5.41, 5.74) is 0.962. The molecule has 0 aliphatic carbocycles. The predicted molar refractivity (Wildman–Crippen MR) is 407 cm³/mol. The third kappa shape index (κ3) is 21.1. The number of likely N-dealkylation sites (N-methyl/N-ethyl adjacent to an activating group) is 2. The van der Waals surface area contributed by atoms with Gasteiger partial charge >= 0.3 is 11.9 Å². The van der Waals surface area contributed by atoms with E-state index >= 15 is 19.2 Å². The predicted octanol–water partition coefficient (Wildman–Crippen LogP) is 5.12. The van der Waals surface area contributed by atoms with Gasteiger partial charge in [-0.05, 0) is 120 Å². The molecule has 580 valence electrons. The normalized spacial score (nSPS) is 22.2. The summed E-state index contributed by atoms with van der Waals surface area (Å²) in [6, 6.07) is 27.2. The number of rotatable bonds is 14. The second kappa shape index (κ2) is 35.9. The molecule has 7 heterocycles. The van der Waals surface area contributed by atoms with E-state index in [1.54, 1.807) is 124 Å². The lowest BCUT2D eigenvalue weighted by molar-refractivity contribution is -0.145. The Labute approximate surface area is 633 Å². The molecule has 0 saturated carbocycles. The maximum atomic E-state index is 15.3. The van der Waals surface area contributed by atoms with Crippen LogP contribution in [0.3, 0.4) is 0 Å². The van der Waals surface area contributed by atoms with Crippen molar-refractivity contribution in [2.75, 3.05) is 40.4 Å². The second-order valence-electron chi connectivity index (χ2n) is 30.7. The first-order valence-corrected chi connectivity index (χ1v) is 37.1. The van der Waals surface area contributed by atoms with E-state index < -0.39 is 143 Å². The first-order valence-electron chi connectivity index (χ1n) is 37.1. The molecule has 10 N–H and O–H groups in total. The van der Waals surface area contributed by atoms with Crippen LogP contribution in [0.25, 0.3) is 21.5 Å². The van der Waals surface area contributed by atoms with Crippen molar-refractivity contribution in [3.63, 3.8) is 0 Å². The van der Waals surface area contributed by atoms with Crippen LogP contribution in [0.2, 0.25) is 0 Å². The molecule has 0 radical (unpaired) electrons. The van der Waals surface area contributed by atoms with Gasteiger partial charge < -0.3 is 76.8 Å². The van der Waals surface area contributed by atoms with Crippen LogP contribution < -0.4 is 52.0 Å². The van der Waals surface area contributed by atoms with E-state index in [1.165, 1.54) is 14.5 Å². The van der Waals surface area contributed by atoms with Crippen molar-refractivity contribution >= 4 is 80.7 Å². The van der Waals surface area contributed by atoms with Crippen molar-refractivity contribution in [2.45, 2.75) is 186 Å². The number of benzene rings is 6. The molecule has 109 heavy (non-hydrogen) atoms. The van der Waals surface area contributed by atoms with Crippen LogP contribution in [-0.4, -0.2) is 201 Å². The van der Waals surface area contributed by atoms with E-state index in [4.69, 9.17) is 14.2 Å². The molecule has 0 spiro atoms. The molecule has 28 heteroatoms. The van der Waals surface area contributed by atoms with Crippen LogP contribution in [0.15, 0.2) is 140 Å². The van der Waals surface area contributed by atoms with Crippen LogP contribution in [0, 0.1) is 10.8 Å². The molecule has 2 fully saturated rings. The van der Waals surface area contributed by atoms with E-state index in [-0.39, 0.29) is 71.4 Å². The highest BCUT2D eigenvalue weighted by molar-refractivity contribution is 5.98. The summed E-state index contributed by atoms with van der Waals surface area (Å²) in [5, 5.41) is 56.7. The standard InChI is InChI=1S/C81H101N13O15/c1-47(82-9)70(95)88-68(80(3,4)5)76(101)92-44-58-41-66(92)74(99)84-62(39-51-21-27-53-17-11-13-19-55(53)35-51)72(97)86-64(78(103)104)37-49-23-29-59(30-24-49)107-33-15-16-34-108-61-42-67(93(45-61)77(102)69(81(6,7)8)89-71(96)48(2)83-10)75(100)85-63(40-52-22-28-54-18-12-14-20-56(54)36-52)73(98)87-65(79(105)106)38-50-25-31-60(32-26-50)109-46-57-43-94(58)91-90-57/h11-14,17-32,35-36,43,47-48,58,61-69,82-83H,15-16,33-34,37-42,44-46H2,1-10H3,(H,84,99)(H,85,100)(H,86,97)(H,87,98)(H,88,95)(H,89,96)(H,103,104)(H,105,106)/t47-,48-,58-,61-,62-,63-,64-,65-,66-,67-,68+,69+/m0/s1. The highest BCUT2D eigenvalue weighted by Gasteiger charge is 2.49. The van der Waals surface area contributed by atoms with E-state index in [2.05, 4.69) is 52.8 Å². The number of aromatic nitrogens is 3. The largest absolute Gasteiger partial charge is 0.494 e. The summed E-state index contributed by atoms with van der Waals surface area (Å²) in [6.45, 7) is 14.2. The van der Waals surface area contributed by atoms with Crippen molar-refractivity contribution in [3.05, 3.63) is 168 Å². The molecule has 0 unspecified atom stereocenters. The Morgan fingerprint density at radius 2 is 0.982 bits per heavy atom. The zero-order valence-corrected chi connectivity index (χ0v) is 63.3. The van der Waals surface area contributed by atoms with Gasteiger partial charge in [0.05, 0.1) is 37.0 Å². The Morgan fingerprint density at radius 3 is 1.44 bits per heavy atom. The molecule has 2 saturated heterocycles. The van der Waals surface area contributed by atoms with Gasteiger partial charge in [-0.2, -0.15) is 0 Å². The van der Waals surface area contributed by atoms with Gasteiger partial charge in [-0.25, -0.2) is 14.3 Å². The maximum absolute atomic E-state index is 15.3. The molecule has 6 aliphatic rings. The molecular weight excluding hydrogens is 1390 g/mol. The minimum absolute atomic E-state index is 0.0114. The number of carboxylic acid groups (broad SMARTS) is 2. The lowest BCUT2D eigenvalue weighted by atomic mass is 9.85. The molecule has 6 aliphatic heterocycles. The highest BCUT2D eigenvalue weighted by atomic mass is 16.5. The van der Waals surface area contributed by atoms with Crippen LogP contribution >= 0.6 is 0 Å². The number of fused-ring (bicyclic) bond motifs is 2. The van der Waals surface area contributed by atoms with Gasteiger partial charge in [0.2, 0.25) is 47.3 Å². The average molecular weight is 1500 g/mol. The minimum atomic E-state index is -1.50. The van der Waals surface area contributed by atoms with Gasteiger partial charge in [-0.15, -0.1) is 5.10 Å². The highest BCUT2D eigenvalue weighted by Crippen LogP contribution is 2.33. The number of nitrogens with zero attached hydrogens (tertiary/aromatic N) is 5. The first-order chi connectivity index (χ1) is 51.9. The Hall–Kier alpha value is -10.8. The smallest absolute Gasteiger partial charge is 0.326 e. The van der Waals surface area contributed by atoms with Crippen LogP contribution in [0.4, 0.5) is 0 Å². The fraction of sp³-hybridized carbons (Fsp3) is 0.457. The number of aliphatic carboxylic acids is 2. The second-order valence-corrected chi connectivity index (χ2v) is 30.7. The molecule has 1 aromatic heterocycles. The third-order valence-corrected chi connectivity index (χ3v) is 20.4. The van der Waals surface area contributed by atoms with E-state index in [0.717, 1.165) is 21.5 Å². The quantitative estimate of drug-likeness (QED) is 0.0675. The lowest BCUT2D eigenvalue weighted by Crippen LogP contribution is -2.61. The topological polar surface area (TPSA) is 372 Å². The van der Waals surface area contributed by atoms with Crippen molar-refractivity contribution < 1.29 is 72.4 Å². The van der Waals surface area contributed by atoms with Crippen molar-refractivity contribution in [1.29, 1.82) is 0 Å². The maximum Gasteiger partial charge on any atom is 0.326 e. The van der Waals surface area contributed by atoms with Gasteiger partial charge in [-0.3, -0.25) is 38.4 Å². The number of amides is 8. The van der Waals surface area contributed by atoms with Crippen LogP contribution in [0.5, 0.6) is 11.5 Å². The Morgan fingerprint density at radius 1 is 0.541 bits per heavy atom. The molecule has 28 nitrogen and oxygen atoms in total. The number of hydrogen-bond donors (Lipinski definition) is 10. The van der Waals surface area contributed by atoms with Crippen LogP contribution in [-0.2, 0) is 85.0 Å². The number of carboxylic acids is 2. The SMILES string of the molecule is CN[C@@H](C)C(=O)N[C@H](C(=O)N1C[C@@H]2C[C@H]1C(=O)N[C@@H](Cc1ccc3ccccc3c1)C(=O)N[C@H](C(=O)O)Cc1ccc(cc1)OCc1cn(nn1)[C@H]1C[C@@H](C(=O)N[C@@H](Cc3ccc4ccccc4c3)C(=O)N[C@H](C(=O)O)Cc3ccc(cc3)OCCCCO2)N(C(=O)[C@@H](NC(=O)[C@H](C)NC)C(C)(C)C)C1)C(C)(C)C. The molecule has 6 aromatic carbocycles. The monoisotopic (exact) mass is 1500 g/mol. The first kappa shape index (κ1) is 80.7. The zero-order valence-electron chi connectivity index (χ0n) is 63.3. The van der Waals surface area contributed by atoms with Gasteiger partial charge in [0, 0.05) is 58.2 Å². The Balaban J connectivity index is 0.951. The summed E-state index contributed by atoms with van der Waals surface area (Å²) in [5.74, 6) is -6.90. The zero-order chi connectivity index (χ0) is 78.4. The van der Waals surface area contributed by atoms with Gasteiger partial charge in [0.15, 0.2) is 0 Å². The Bertz CT molecular complexity index is 4420. The third-order valence-electron chi connectivity index (χ3n) is 20.4. The van der Waals surface area contributed by atoms with Gasteiger partial charge in [0.25, 0.3) is 0 Å². The van der Waals surface area contributed by atoms with Gasteiger partial charge in [-0.1, -0.05) is 156 Å². The fourth-order valence-electron chi connectivity index (χ4n) is 13.7. The van der Waals surface area contributed by atoms with Gasteiger partial charge in [0.1, 0.15) is 72.1 Å². The molecule has 10 bridgehead atoms. The lowest BCUT2D eigenvalue weighted by Gasteiger charge is -2.36. The number of carbonyl (C=O) groups is 10. The summed E-state index contributed by atoms with van der Waals surface area (Å²) >= 11 is 0. The number of likely N-dealkylation sites (tertiary alicyclic amines) is 2. The van der Waals surface area contributed by atoms with Crippen molar-refractivity contribution in [2.24, 2.45) is 10.8 Å². The fourth-order valence-corrected chi connectivity index (χ4v) is 13.7. The molecule has 12 atom stereocenters. The minimum Gasteiger partial charge on any atom is -0.494 e. The van der Waals surface area contributed by atoms with Crippen molar-refractivity contribution in [1.82, 2.24) is 67.3 Å². The molecule has 13 rings (SSSR count). The number of ether oxygens (including phenoxy) is 3. The summed E-state index contributed by atoms with van der Waals surface area (Å²) in [6.07, 6.45) is 1.39. The number of hydrogen-bond acceptors (Lipinski definition) is 17. The summed E-state index contributed by atoms with van der Waals surface area (Å²) < 4.78 is 20.2. The average Bonchev–Trinajstić information content (AvgIpc) is 1.68. The summed E-state index contributed by atoms with van der Waals surface area (Å²) in [7, 11) is 3.23. The van der Waals surface area contributed by atoms with E-state index in [1.807, 2.05) is 84.9 Å². The van der Waals surface area contributed by atoms with Crippen molar-refractivity contribution in [3.8, 4) is 11.5 Å². The summed E-state index contributed by atoms with van der Waals surface area (Å²) in [4.78, 5) is 146. The molecule has 7 aromatic rings. The molecule has 8 amide bonds. The number of carbonyl (C=O) groups excluding carboxylic acids is 8.